The molecule has 2 aliphatic heterocycles. The van der Waals surface area contributed by atoms with E-state index in [1.54, 1.807) is 0 Å². The van der Waals surface area contributed by atoms with Crippen molar-refractivity contribution in [3.05, 3.63) is 10.6 Å². The van der Waals surface area contributed by atoms with Gasteiger partial charge in [0, 0.05) is 17.6 Å². The van der Waals surface area contributed by atoms with Gasteiger partial charge in [-0.1, -0.05) is 11.8 Å². The standard InChI is InChI=1S/C11H16N2O5S/c1-4(15)6-9(16)13-7(11(17)18)8(19-10(6)13)5(12)2-3-14/h4-6,10,14-15H,2-3,12H2,1H3,(H,17,18)/t4?,5-,6+,10-/m1/s1. The molecule has 1 unspecified atom stereocenters. The number of amides is 1. The Bertz CT molecular complexity index is 450. The lowest BCUT2D eigenvalue weighted by Gasteiger charge is -2.43. The molecular formula is C11H16N2O5S. The average Bonchev–Trinajstić information content (AvgIpc) is 2.64. The summed E-state index contributed by atoms with van der Waals surface area (Å²) in [7, 11) is 0. The number of hydrogen-bond acceptors (Lipinski definition) is 6. The van der Waals surface area contributed by atoms with E-state index in [9.17, 15) is 19.8 Å². The first kappa shape index (κ1) is 14.3. The highest BCUT2D eigenvalue weighted by Gasteiger charge is 2.58. The summed E-state index contributed by atoms with van der Waals surface area (Å²) in [5.74, 6) is -2.20. The lowest BCUT2D eigenvalue weighted by molar-refractivity contribution is -0.156. The number of carboxylic acid groups (broad SMARTS) is 1. The van der Waals surface area contributed by atoms with Gasteiger partial charge in [-0.15, -0.1) is 0 Å². The van der Waals surface area contributed by atoms with Crippen LogP contribution in [0.5, 0.6) is 0 Å². The molecule has 0 aromatic heterocycles. The first-order valence-electron chi connectivity index (χ1n) is 5.91. The smallest absolute Gasteiger partial charge is 0.353 e. The van der Waals surface area contributed by atoms with E-state index in [2.05, 4.69) is 0 Å². The number of carboxylic acids is 1. The molecule has 0 aromatic rings. The fourth-order valence-electron chi connectivity index (χ4n) is 2.34. The maximum absolute atomic E-state index is 11.9. The monoisotopic (exact) mass is 288 g/mol. The number of hydrogen-bond donors (Lipinski definition) is 4. The predicted octanol–water partition coefficient (Wildman–Crippen LogP) is -1.10. The van der Waals surface area contributed by atoms with Crippen LogP contribution in [0.15, 0.2) is 10.6 Å². The fraction of sp³-hybridized carbons (Fsp3) is 0.636. The number of thioether (sulfide) groups is 1. The summed E-state index contributed by atoms with van der Waals surface area (Å²) < 4.78 is 0. The number of fused-ring (bicyclic) bond motifs is 1. The van der Waals surface area contributed by atoms with Gasteiger partial charge in [0.25, 0.3) is 0 Å². The topological polar surface area (TPSA) is 124 Å². The number of carbonyl (C=O) groups excluding carboxylic acids is 1. The Morgan fingerprint density at radius 1 is 1.58 bits per heavy atom. The van der Waals surface area contributed by atoms with Crippen LogP contribution in [0.4, 0.5) is 0 Å². The Morgan fingerprint density at radius 3 is 2.68 bits per heavy atom. The zero-order chi connectivity index (χ0) is 14.3. The molecule has 19 heavy (non-hydrogen) atoms. The van der Waals surface area contributed by atoms with Gasteiger partial charge in [0.05, 0.1) is 12.0 Å². The van der Waals surface area contributed by atoms with Crippen molar-refractivity contribution in [1.82, 2.24) is 4.90 Å². The van der Waals surface area contributed by atoms with Gasteiger partial charge in [-0.25, -0.2) is 4.79 Å². The van der Waals surface area contributed by atoms with Crippen molar-refractivity contribution in [1.29, 1.82) is 0 Å². The van der Waals surface area contributed by atoms with Gasteiger partial charge in [0.1, 0.15) is 11.1 Å². The van der Waals surface area contributed by atoms with Crippen LogP contribution in [0, 0.1) is 5.92 Å². The number of aliphatic hydroxyl groups excluding tert-OH is 2. The molecule has 4 atom stereocenters. The molecule has 106 valence electrons. The highest BCUT2D eigenvalue weighted by atomic mass is 32.2. The van der Waals surface area contributed by atoms with Gasteiger partial charge >= 0.3 is 5.97 Å². The fourth-order valence-corrected chi connectivity index (χ4v) is 4.00. The van der Waals surface area contributed by atoms with Crippen molar-refractivity contribution in [3.63, 3.8) is 0 Å². The first-order chi connectivity index (χ1) is 8.90. The van der Waals surface area contributed by atoms with E-state index < -0.39 is 35.3 Å². The average molecular weight is 288 g/mol. The molecule has 2 rings (SSSR count). The zero-order valence-electron chi connectivity index (χ0n) is 10.3. The molecule has 0 aliphatic carbocycles. The van der Waals surface area contributed by atoms with E-state index in [4.69, 9.17) is 10.8 Å². The number of aliphatic carboxylic acids is 1. The summed E-state index contributed by atoms with van der Waals surface area (Å²) in [6.07, 6.45) is -0.600. The minimum absolute atomic E-state index is 0.113. The van der Waals surface area contributed by atoms with Gasteiger partial charge < -0.3 is 21.1 Å². The van der Waals surface area contributed by atoms with E-state index >= 15 is 0 Å². The number of rotatable bonds is 5. The second kappa shape index (κ2) is 5.12. The molecule has 0 bridgehead atoms. The lowest BCUT2D eigenvalue weighted by atomic mass is 9.92. The molecular weight excluding hydrogens is 272 g/mol. The number of β-lactam (4-membered cyclic amide) rings is 1. The molecule has 8 heteroatoms. The Hall–Kier alpha value is -1.09. The van der Waals surface area contributed by atoms with E-state index in [0.717, 1.165) is 0 Å². The highest BCUT2D eigenvalue weighted by molar-refractivity contribution is 8.04. The molecule has 2 heterocycles. The van der Waals surface area contributed by atoms with E-state index in [1.165, 1.54) is 23.6 Å². The number of nitrogens with zero attached hydrogens (tertiary/aromatic N) is 1. The Morgan fingerprint density at radius 2 is 2.21 bits per heavy atom. The van der Waals surface area contributed by atoms with Crippen LogP contribution in [0.2, 0.25) is 0 Å². The Balaban J connectivity index is 2.29. The summed E-state index contributed by atoms with van der Waals surface area (Å²) in [6, 6.07) is -0.617. The van der Waals surface area contributed by atoms with Crippen LogP contribution in [0.25, 0.3) is 0 Å². The Labute approximate surface area is 114 Å². The van der Waals surface area contributed by atoms with Gasteiger partial charge in [-0.05, 0) is 13.3 Å². The van der Waals surface area contributed by atoms with Gasteiger partial charge in [0.15, 0.2) is 0 Å². The van der Waals surface area contributed by atoms with Crippen LogP contribution in [0.1, 0.15) is 13.3 Å². The third kappa shape index (κ3) is 2.14. The molecule has 1 fully saturated rings. The first-order valence-corrected chi connectivity index (χ1v) is 6.79. The third-order valence-electron chi connectivity index (χ3n) is 3.31. The second-order valence-electron chi connectivity index (χ2n) is 4.62. The van der Waals surface area contributed by atoms with Crippen LogP contribution >= 0.6 is 11.8 Å². The molecule has 0 radical (unpaired) electrons. The predicted molar refractivity (Wildman–Crippen MR) is 67.7 cm³/mol. The quantitative estimate of drug-likeness (QED) is 0.473. The largest absolute Gasteiger partial charge is 0.477 e. The zero-order valence-corrected chi connectivity index (χ0v) is 11.1. The van der Waals surface area contributed by atoms with Gasteiger partial charge in [-0.2, -0.15) is 0 Å². The van der Waals surface area contributed by atoms with Crippen molar-refractivity contribution in [2.75, 3.05) is 6.61 Å². The van der Waals surface area contributed by atoms with E-state index in [-0.39, 0.29) is 18.7 Å². The molecule has 0 aromatic carbocycles. The van der Waals surface area contributed by atoms with Gasteiger partial charge in [0.2, 0.25) is 5.91 Å². The van der Waals surface area contributed by atoms with Gasteiger partial charge in [-0.3, -0.25) is 9.69 Å². The van der Waals surface area contributed by atoms with Crippen LogP contribution in [-0.2, 0) is 9.59 Å². The maximum atomic E-state index is 11.9. The second-order valence-corrected chi connectivity index (χ2v) is 5.78. The van der Waals surface area contributed by atoms with Crippen LogP contribution in [0.3, 0.4) is 0 Å². The van der Waals surface area contributed by atoms with Crippen molar-refractivity contribution in [3.8, 4) is 0 Å². The summed E-state index contributed by atoms with van der Waals surface area (Å²) in [5.41, 5.74) is 5.72. The van der Waals surface area contributed by atoms with Crippen molar-refractivity contribution >= 4 is 23.6 Å². The normalized spacial score (nSPS) is 29.1. The molecule has 0 spiro atoms. The van der Waals surface area contributed by atoms with Crippen molar-refractivity contribution in [2.45, 2.75) is 30.9 Å². The molecule has 2 aliphatic rings. The van der Waals surface area contributed by atoms with E-state index in [0.29, 0.717) is 4.91 Å². The molecule has 5 N–H and O–H groups in total. The minimum Gasteiger partial charge on any atom is -0.477 e. The number of aliphatic hydroxyl groups is 2. The third-order valence-corrected chi connectivity index (χ3v) is 4.80. The summed E-state index contributed by atoms with van der Waals surface area (Å²) in [4.78, 5) is 24.7. The number of carbonyl (C=O) groups is 2. The molecule has 0 saturated carbocycles. The minimum atomic E-state index is -1.21. The lowest BCUT2D eigenvalue weighted by Crippen LogP contribution is -2.60. The van der Waals surface area contributed by atoms with Crippen molar-refractivity contribution < 1.29 is 24.9 Å². The number of nitrogens with two attached hydrogens (primary N) is 1. The van der Waals surface area contributed by atoms with Crippen LogP contribution in [-0.4, -0.2) is 56.2 Å². The molecule has 1 saturated heterocycles. The molecule has 1 amide bonds. The summed E-state index contributed by atoms with van der Waals surface area (Å²) in [6.45, 7) is 1.35. The summed E-state index contributed by atoms with van der Waals surface area (Å²) in [5, 5.41) is 27.2. The summed E-state index contributed by atoms with van der Waals surface area (Å²) >= 11 is 1.19. The van der Waals surface area contributed by atoms with Crippen molar-refractivity contribution in [2.24, 2.45) is 11.7 Å². The van der Waals surface area contributed by atoms with Crippen LogP contribution < -0.4 is 5.73 Å². The van der Waals surface area contributed by atoms with E-state index in [1.807, 2.05) is 0 Å². The molecule has 7 nitrogen and oxygen atoms in total. The SMILES string of the molecule is CC(O)[C@H]1C(=O)N2C(C(=O)O)=C([C@H](N)CCO)S[C@H]12. The Kier molecular flexibility index (Phi) is 3.86. The maximum Gasteiger partial charge on any atom is 0.353 e. The highest BCUT2D eigenvalue weighted by Crippen LogP contribution is 2.51.